The summed E-state index contributed by atoms with van der Waals surface area (Å²) in [5, 5.41) is 12.6. The lowest BCUT2D eigenvalue weighted by molar-refractivity contribution is -0.148. The average molecular weight is 251 g/mol. The van der Waals surface area contributed by atoms with Gasteiger partial charge in [0.05, 0.1) is 19.9 Å². The maximum atomic E-state index is 10.8. The maximum Gasteiger partial charge on any atom is 0.348 e. The lowest BCUT2D eigenvalue weighted by Gasteiger charge is -2.08. The normalized spacial score (nSPS) is 17.9. The van der Waals surface area contributed by atoms with Crippen molar-refractivity contribution >= 4 is 11.7 Å². The Labute approximate surface area is 104 Å². The Kier molecular flexibility index (Phi) is 3.36. The maximum absolute atomic E-state index is 10.8. The molecule has 0 fully saturated rings. The zero-order valence-corrected chi connectivity index (χ0v) is 10.0. The fourth-order valence-corrected chi connectivity index (χ4v) is 1.70. The number of benzene rings is 1. The second-order valence-electron chi connectivity index (χ2n) is 3.74. The lowest BCUT2D eigenvalue weighted by atomic mass is 10.0. The van der Waals surface area contributed by atoms with Crippen molar-refractivity contribution in [1.82, 2.24) is 0 Å². The zero-order valence-electron chi connectivity index (χ0n) is 10.0. The molecule has 1 N–H and O–H groups in total. The molecular formula is C12H13NO5. The Hall–Kier alpha value is -2.24. The summed E-state index contributed by atoms with van der Waals surface area (Å²) in [6, 6.07) is 5.27. The standard InChI is InChI=1S/C12H13NO5/c1-16-9-4-3-7(5-10(9)17-2)8-6-11(12(14)15)18-13-8/h3-5,11H,6H2,1-2H3,(H,14,15)/t11-/m1/s1. The molecule has 6 heteroatoms. The first-order chi connectivity index (χ1) is 8.65. The number of oxime groups is 1. The number of methoxy groups -OCH3 is 2. The van der Waals surface area contributed by atoms with Gasteiger partial charge in [0, 0.05) is 12.0 Å². The summed E-state index contributed by atoms with van der Waals surface area (Å²) in [5.74, 6) is 0.154. The number of ether oxygens (including phenoxy) is 2. The molecule has 6 nitrogen and oxygen atoms in total. The first-order valence-corrected chi connectivity index (χ1v) is 5.33. The first kappa shape index (κ1) is 12.2. The van der Waals surface area contributed by atoms with Crippen molar-refractivity contribution in [3.63, 3.8) is 0 Å². The van der Waals surface area contributed by atoms with E-state index in [4.69, 9.17) is 19.4 Å². The van der Waals surface area contributed by atoms with Gasteiger partial charge in [-0.2, -0.15) is 0 Å². The topological polar surface area (TPSA) is 77.4 Å². The molecule has 18 heavy (non-hydrogen) atoms. The summed E-state index contributed by atoms with van der Waals surface area (Å²) < 4.78 is 10.3. The molecule has 2 rings (SSSR count). The second kappa shape index (κ2) is 4.95. The number of hydrogen-bond donors (Lipinski definition) is 1. The predicted molar refractivity (Wildman–Crippen MR) is 63.2 cm³/mol. The smallest absolute Gasteiger partial charge is 0.348 e. The summed E-state index contributed by atoms with van der Waals surface area (Å²) in [7, 11) is 3.09. The van der Waals surface area contributed by atoms with Crippen molar-refractivity contribution in [2.45, 2.75) is 12.5 Å². The quantitative estimate of drug-likeness (QED) is 0.872. The fraction of sp³-hybridized carbons (Fsp3) is 0.333. The Morgan fingerprint density at radius 2 is 2.11 bits per heavy atom. The molecule has 0 radical (unpaired) electrons. The molecular weight excluding hydrogens is 238 g/mol. The van der Waals surface area contributed by atoms with Crippen molar-refractivity contribution in [2.24, 2.45) is 5.16 Å². The predicted octanol–water partition coefficient (Wildman–Crippen LogP) is 1.28. The summed E-state index contributed by atoms with van der Waals surface area (Å²) >= 11 is 0. The van der Waals surface area contributed by atoms with Gasteiger partial charge in [0.25, 0.3) is 0 Å². The van der Waals surface area contributed by atoms with Gasteiger partial charge in [0.15, 0.2) is 11.5 Å². The molecule has 0 bridgehead atoms. The van der Waals surface area contributed by atoms with Gasteiger partial charge in [-0.05, 0) is 18.2 Å². The van der Waals surface area contributed by atoms with Gasteiger partial charge < -0.3 is 19.4 Å². The summed E-state index contributed by atoms with van der Waals surface area (Å²) in [4.78, 5) is 15.6. The van der Waals surface area contributed by atoms with Crippen LogP contribution in [0.4, 0.5) is 0 Å². The van der Waals surface area contributed by atoms with Crippen LogP contribution in [0.15, 0.2) is 23.4 Å². The SMILES string of the molecule is COc1ccc(C2=NO[C@@H](C(=O)O)C2)cc1OC. The van der Waals surface area contributed by atoms with Crippen molar-refractivity contribution < 1.29 is 24.2 Å². The van der Waals surface area contributed by atoms with E-state index < -0.39 is 12.1 Å². The van der Waals surface area contributed by atoms with Gasteiger partial charge >= 0.3 is 5.97 Å². The number of carbonyl (C=O) groups is 1. The van der Waals surface area contributed by atoms with Crippen LogP contribution in [0.5, 0.6) is 11.5 Å². The number of aliphatic carboxylic acids is 1. The minimum absolute atomic E-state index is 0.241. The van der Waals surface area contributed by atoms with Crippen molar-refractivity contribution in [3.8, 4) is 11.5 Å². The average Bonchev–Trinajstić information content (AvgIpc) is 2.87. The van der Waals surface area contributed by atoms with Gasteiger partial charge in [-0.15, -0.1) is 0 Å². The summed E-state index contributed by atoms with van der Waals surface area (Å²) in [5.41, 5.74) is 1.35. The van der Waals surface area contributed by atoms with Crippen LogP contribution in [0.3, 0.4) is 0 Å². The van der Waals surface area contributed by atoms with E-state index in [0.717, 1.165) is 5.56 Å². The van der Waals surface area contributed by atoms with Crippen LogP contribution in [-0.2, 0) is 9.63 Å². The fourth-order valence-electron chi connectivity index (χ4n) is 1.70. The third-order valence-corrected chi connectivity index (χ3v) is 2.66. The number of carboxylic acids is 1. The Balaban J connectivity index is 2.23. The van der Waals surface area contributed by atoms with Crippen LogP contribution in [-0.4, -0.2) is 37.1 Å². The molecule has 1 aliphatic heterocycles. The molecule has 1 heterocycles. The molecule has 0 aromatic heterocycles. The van der Waals surface area contributed by atoms with Crippen molar-refractivity contribution in [1.29, 1.82) is 0 Å². The van der Waals surface area contributed by atoms with Gasteiger partial charge in [-0.1, -0.05) is 5.16 Å². The summed E-state index contributed by atoms with van der Waals surface area (Å²) in [6.45, 7) is 0. The highest BCUT2D eigenvalue weighted by atomic mass is 16.7. The highest BCUT2D eigenvalue weighted by Gasteiger charge is 2.28. The zero-order chi connectivity index (χ0) is 13.1. The van der Waals surface area contributed by atoms with Crippen LogP contribution in [0.1, 0.15) is 12.0 Å². The Morgan fingerprint density at radius 1 is 1.39 bits per heavy atom. The minimum Gasteiger partial charge on any atom is -0.493 e. The van der Waals surface area contributed by atoms with Crippen LogP contribution < -0.4 is 9.47 Å². The molecule has 1 aromatic rings. The highest BCUT2D eigenvalue weighted by Crippen LogP contribution is 2.29. The molecule has 0 unspecified atom stereocenters. The Morgan fingerprint density at radius 3 is 2.67 bits per heavy atom. The largest absolute Gasteiger partial charge is 0.493 e. The molecule has 1 aliphatic rings. The third kappa shape index (κ3) is 2.22. The highest BCUT2D eigenvalue weighted by molar-refractivity contribution is 6.03. The van der Waals surface area contributed by atoms with E-state index in [1.54, 1.807) is 25.3 Å². The van der Waals surface area contributed by atoms with E-state index in [0.29, 0.717) is 17.2 Å². The number of nitrogens with zero attached hydrogens (tertiary/aromatic N) is 1. The van der Waals surface area contributed by atoms with E-state index >= 15 is 0 Å². The number of hydrogen-bond acceptors (Lipinski definition) is 5. The monoisotopic (exact) mass is 251 g/mol. The van der Waals surface area contributed by atoms with Crippen LogP contribution >= 0.6 is 0 Å². The molecule has 1 atom stereocenters. The van der Waals surface area contributed by atoms with Crippen LogP contribution in [0.25, 0.3) is 0 Å². The molecule has 0 amide bonds. The molecule has 0 saturated heterocycles. The van der Waals surface area contributed by atoms with E-state index in [-0.39, 0.29) is 6.42 Å². The van der Waals surface area contributed by atoms with Crippen LogP contribution in [0.2, 0.25) is 0 Å². The minimum atomic E-state index is -1.02. The molecule has 0 aliphatic carbocycles. The van der Waals surface area contributed by atoms with Gasteiger partial charge in [0.2, 0.25) is 6.10 Å². The molecule has 1 aromatic carbocycles. The Bertz CT molecular complexity index is 497. The molecule has 0 saturated carbocycles. The molecule has 96 valence electrons. The van der Waals surface area contributed by atoms with Crippen molar-refractivity contribution in [2.75, 3.05) is 14.2 Å². The second-order valence-corrected chi connectivity index (χ2v) is 3.74. The van der Waals surface area contributed by atoms with E-state index in [1.165, 1.54) is 7.11 Å². The van der Waals surface area contributed by atoms with Crippen molar-refractivity contribution in [3.05, 3.63) is 23.8 Å². The first-order valence-electron chi connectivity index (χ1n) is 5.33. The van der Waals surface area contributed by atoms with E-state index in [1.807, 2.05) is 0 Å². The van der Waals surface area contributed by atoms with Gasteiger partial charge in [-0.25, -0.2) is 4.79 Å². The number of rotatable bonds is 4. The third-order valence-electron chi connectivity index (χ3n) is 2.66. The lowest BCUT2D eigenvalue weighted by Crippen LogP contribution is -2.19. The summed E-state index contributed by atoms with van der Waals surface area (Å²) in [6.07, 6.45) is -0.668. The van der Waals surface area contributed by atoms with E-state index in [9.17, 15) is 4.79 Å². The van der Waals surface area contributed by atoms with E-state index in [2.05, 4.69) is 5.16 Å². The number of carboxylic acid groups (broad SMARTS) is 1. The van der Waals surface area contributed by atoms with Gasteiger partial charge in [-0.3, -0.25) is 0 Å². The van der Waals surface area contributed by atoms with Crippen LogP contribution in [0, 0.1) is 0 Å². The van der Waals surface area contributed by atoms with Gasteiger partial charge in [0.1, 0.15) is 0 Å². The molecule has 0 spiro atoms.